The molecular weight excluding hydrogens is 773 g/mol. The van der Waals surface area contributed by atoms with Crippen molar-refractivity contribution in [2.24, 2.45) is 28.5 Å². The van der Waals surface area contributed by atoms with Crippen LogP contribution in [0.1, 0.15) is 105 Å². The summed E-state index contributed by atoms with van der Waals surface area (Å²) in [6.07, 6.45) is 19.4. The molecule has 12 heteroatoms. The number of aromatic nitrogens is 2. The lowest BCUT2D eigenvalue weighted by Crippen LogP contribution is -2.49. The molecule has 1 spiro atoms. The number of hydrogen-bond donors (Lipinski definition) is 4. The SMILES string of the molecule is CNC(=O)N(CCC=O)c1cnc2c(c1)c(C1CC1)cn2C1CC2(CCN(CC3CCN(c4ccc(C5CCCN(C(/C=C(\N)c6ccccc6)=C(N)N)C5)cc4)CC3)CC2)C1. The van der Waals surface area contributed by atoms with Crippen molar-refractivity contribution < 1.29 is 9.59 Å². The highest BCUT2D eigenvalue weighted by atomic mass is 16.2. The molecule has 5 aliphatic rings. The van der Waals surface area contributed by atoms with Crippen LogP contribution in [-0.2, 0) is 4.79 Å². The number of benzene rings is 2. The highest BCUT2D eigenvalue weighted by Gasteiger charge is 2.47. The first-order valence-corrected chi connectivity index (χ1v) is 23.2. The van der Waals surface area contributed by atoms with Gasteiger partial charge in [-0.25, -0.2) is 9.78 Å². The zero-order valence-electron chi connectivity index (χ0n) is 36.6. The molecule has 5 fully saturated rings. The number of nitrogens with one attached hydrogen (secondary N) is 1. The maximum atomic E-state index is 12.7. The molecule has 2 amide bonds. The number of carbonyl (C=O) groups is 2. The Hall–Kier alpha value is -5.49. The number of aldehydes is 1. The Morgan fingerprint density at radius 2 is 1.66 bits per heavy atom. The second-order valence-electron chi connectivity index (χ2n) is 19.0. The molecule has 5 heterocycles. The van der Waals surface area contributed by atoms with Crippen LogP contribution in [-0.4, -0.2) is 91.1 Å². The molecule has 62 heavy (non-hydrogen) atoms. The van der Waals surface area contributed by atoms with Crippen molar-refractivity contribution in [3.8, 4) is 0 Å². The van der Waals surface area contributed by atoms with E-state index in [0.717, 1.165) is 79.2 Å². The summed E-state index contributed by atoms with van der Waals surface area (Å²) in [5.41, 5.74) is 27.7. The third-order valence-corrected chi connectivity index (χ3v) is 14.9. The number of allylic oxidation sites excluding steroid dienone is 1. The van der Waals surface area contributed by atoms with Crippen molar-refractivity contribution in [1.29, 1.82) is 0 Å². The number of likely N-dealkylation sites (tertiary alicyclic amines) is 2. The predicted molar refractivity (Wildman–Crippen MR) is 250 cm³/mol. The molecule has 1 unspecified atom stereocenters. The van der Waals surface area contributed by atoms with Gasteiger partial charge in [-0.3, -0.25) is 4.90 Å². The minimum atomic E-state index is -0.217. The molecular formula is C50H66N10O2. The van der Waals surface area contributed by atoms with Gasteiger partial charge in [-0.15, -0.1) is 0 Å². The number of carbonyl (C=O) groups excluding carboxylic acids is 2. The zero-order chi connectivity index (χ0) is 42.8. The summed E-state index contributed by atoms with van der Waals surface area (Å²) in [6.45, 7) is 7.98. The molecule has 0 bridgehead atoms. The van der Waals surface area contributed by atoms with E-state index in [1.807, 2.05) is 42.6 Å². The number of fused-ring (bicyclic) bond motifs is 1. The molecule has 3 saturated heterocycles. The van der Waals surface area contributed by atoms with Crippen molar-refractivity contribution in [2.45, 2.75) is 88.5 Å². The standard InChI is InChI=1S/C50H66N10O2/c1-54-49(62)59(21-6-26-61)41-27-43-44(37-10-11-37)34-60(48(43)55-31-41)42-29-50(30-42)18-24-56(25-19-50)32-35-16-22-57(23-17-35)40-14-12-36(13-15-40)39-9-5-20-58(33-39)46(47(52)53)28-45(51)38-7-3-2-4-8-38/h2-4,7-8,12-15,26-28,31,34-35,37,39,42H,5-6,9-11,16-25,29-30,32-33,51-53H2,1H3,(H,54,62)/b45-28-. The van der Waals surface area contributed by atoms with Crippen LogP contribution in [0.15, 0.2) is 90.7 Å². The summed E-state index contributed by atoms with van der Waals surface area (Å²) in [5, 5.41) is 3.89. The maximum Gasteiger partial charge on any atom is 0.321 e. The van der Waals surface area contributed by atoms with Gasteiger partial charge in [-0.1, -0.05) is 42.5 Å². The summed E-state index contributed by atoms with van der Waals surface area (Å²) in [5.74, 6) is 2.05. The quantitative estimate of drug-likeness (QED) is 0.0806. The number of anilines is 2. The first-order valence-electron chi connectivity index (χ1n) is 23.2. The summed E-state index contributed by atoms with van der Waals surface area (Å²) < 4.78 is 2.46. The second-order valence-corrected chi connectivity index (χ2v) is 19.0. The number of piperidine rings is 3. The molecule has 7 N–H and O–H groups in total. The highest BCUT2D eigenvalue weighted by molar-refractivity contribution is 5.95. The molecule has 9 rings (SSSR count). The van der Waals surface area contributed by atoms with Gasteiger partial charge in [0.15, 0.2) is 0 Å². The van der Waals surface area contributed by atoms with E-state index in [-0.39, 0.29) is 6.03 Å². The average Bonchev–Trinajstić information content (AvgIpc) is 4.08. The van der Waals surface area contributed by atoms with Gasteiger partial charge in [-0.2, -0.15) is 0 Å². The molecule has 3 aliphatic heterocycles. The Morgan fingerprint density at radius 1 is 0.919 bits per heavy atom. The van der Waals surface area contributed by atoms with Gasteiger partial charge in [0.25, 0.3) is 0 Å². The minimum Gasteiger partial charge on any atom is -0.398 e. The fourth-order valence-corrected chi connectivity index (χ4v) is 11.1. The Labute approximate surface area is 367 Å². The molecule has 2 aromatic heterocycles. The average molecular weight is 839 g/mol. The van der Waals surface area contributed by atoms with E-state index in [0.29, 0.717) is 47.8 Å². The van der Waals surface area contributed by atoms with Gasteiger partial charge in [-0.05, 0) is 136 Å². The number of amides is 2. The van der Waals surface area contributed by atoms with Gasteiger partial charge >= 0.3 is 6.03 Å². The third-order valence-electron chi connectivity index (χ3n) is 14.9. The third kappa shape index (κ3) is 8.89. The fourth-order valence-electron chi connectivity index (χ4n) is 11.1. The zero-order valence-corrected chi connectivity index (χ0v) is 36.6. The van der Waals surface area contributed by atoms with Crippen LogP contribution in [0.2, 0.25) is 0 Å². The minimum absolute atomic E-state index is 0.217. The van der Waals surface area contributed by atoms with Gasteiger partial charge in [0.05, 0.1) is 17.6 Å². The summed E-state index contributed by atoms with van der Waals surface area (Å²) in [4.78, 5) is 38.1. The van der Waals surface area contributed by atoms with Crippen LogP contribution < -0.4 is 32.3 Å². The van der Waals surface area contributed by atoms with Crippen LogP contribution in [0.4, 0.5) is 16.2 Å². The highest BCUT2D eigenvalue weighted by Crippen LogP contribution is 2.56. The van der Waals surface area contributed by atoms with E-state index in [1.54, 1.807) is 11.9 Å². The van der Waals surface area contributed by atoms with Crippen molar-refractivity contribution in [1.82, 2.24) is 24.7 Å². The number of pyridine rings is 1. The first-order chi connectivity index (χ1) is 30.2. The van der Waals surface area contributed by atoms with Gasteiger partial charge in [0, 0.05) is 87.7 Å². The number of urea groups is 1. The number of hydrogen-bond acceptors (Lipinski definition) is 9. The topological polar surface area (TPSA) is 155 Å². The Bertz CT molecular complexity index is 2250. The summed E-state index contributed by atoms with van der Waals surface area (Å²) >= 11 is 0. The second kappa shape index (κ2) is 18.1. The van der Waals surface area contributed by atoms with Crippen molar-refractivity contribution in [3.05, 3.63) is 107 Å². The Morgan fingerprint density at radius 3 is 2.34 bits per heavy atom. The lowest BCUT2D eigenvalue weighted by Gasteiger charge is -2.53. The van der Waals surface area contributed by atoms with Crippen LogP contribution in [0.5, 0.6) is 0 Å². The summed E-state index contributed by atoms with van der Waals surface area (Å²) in [6, 6.07) is 21.7. The van der Waals surface area contributed by atoms with Crippen molar-refractivity contribution in [2.75, 3.05) is 69.2 Å². The maximum absolute atomic E-state index is 12.7. The van der Waals surface area contributed by atoms with E-state index in [2.05, 4.69) is 61.1 Å². The van der Waals surface area contributed by atoms with E-state index in [4.69, 9.17) is 22.2 Å². The van der Waals surface area contributed by atoms with E-state index in [9.17, 15) is 9.59 Å². The smallest absolute Gasteiger partial charge is 0.321 e. The van der Waals surface area contributed by atoms with Crippen molar-refractivity contribution in [3.63, 3.8) is 0 Å². The summed E-state index contributed by atoms with van der Waals surface area (Å²) in [7, 11) is 1.63. The normalized spacial score (nSPS) is 21.2. The Balaban J connectivity index is 0.746. The van der Waals surface area contributed by atoms with E-state index < -0.39 is 0 Å². The lowest BCUT2D eigenvalue weighted by atomic mass is 9.60. The van der Waals surface area contributed by atoms with E-state index in [1.165, 1.54) is 87.8 Å². The molecule has 1 atom stereocenters. The van der Waals surface area contributed by atoms with Crippen molar-refractivity contribution >= 4 is 40.4 Å². The monoisotopic (exact) mass is 839 g/mol. The van der Waals surface area contributed by atoms with Gasteiger partial charge < -0.3 is 46.6 Å². The van der Waals surface area contributed by atoms with Gasteiger partial charge in [0.1, 0.15) is 17.8 Å². The van der Waals surface area contributed by atoms with Gasteiger partial charge in [0.2, 0.25) is 0 Å². The first kappa shape index (κ1) is 41.8. The Kier molecular flexibility index (Phi) is 12.2. The number of rotatable bonds is 13. The fraction of sp³-hybridized carbons (Fsp3) is 0.500. The molecule has 12 nitrogen and oxygen atoms in total. The van der Waals surface area contributed by atoms with E-state index >= 15 is 0 Å². The number of nitrogens with zero attached hydrogens (tertiary/aromatic N) is 6. The number of nitrogens with two attached hydrogens (primary N) is 3. The largest absolute Gasteiger partial charge is 0.398 e. The molecule has 0 radical (unpaired) electrons. The predicted octanol–water partition coefficient (Wildman–Crippen LogP) is 7.25. The van der Waals surface area contributed by atoms with Crippen LogP contribution >= 0.6 is 0 Å². The molecule has 2 aromatic carbocycles. The van der Waals surface area contributed by atoms with Crippen LogP contribution in [0.3, 0.4) is 0 Å². The molecule has 2 aliphatic carbocycles. The lowest BCUT2D eigenvalue weighted by molar-refractivity contribution is -0.107. The molecule has 2 saturated carbocycles. The molecule has 4 aromatic rings. The molecule has 328 valence electrons. The van der Waals surface area contributed by atoms with Crippen LogP contribution in [0.25, 0.3) is 16.7 Å². The van der Waals surface area contributed by atoms with Crippen LogP contribution in [0, 0.1) is 11.3 Å².